The molecule has 0 bridgehead atoms. The minimum Gasteiger partial charge on any atom is -0.497 e. The Hall–Kier alpha value is -1.59. The molecule has 0 atom stereocenters. The van der Waals surface area contributed by atoms with Crippen molar-refractivity contribution in [3.63, 3.8) is 0 Å². The van der Waals surface area contributed by atoms with E-state index in [9.17, 15) is 0 Å². The second-order valence-electron chi connectivity index (χ2n) is 3.75. The molecule has 0 saturated heterocycles. The van der Waals surface area contributed by atoms with Crippen molar-refractivity contribution in [1.29, 1.82) is 0 Å². The van der Waals surface area contributed by atoms with E-state index in [1.807, 2.05) is 25.1 Å². The number of aliphatic hydroxyl groups is 1. The first-order valence-corrected chi connectivity index (χ1v) is 6.30. The molecule has 0 aliphatic rings. The van der Waals surface area contributed by atoms with Crippen molar-refractivity contribution in [2.75, 3.05) is 14.2 Å². The lowest BCUT2D eigenvalue weighted by atomic mass is 10.1. The third-order valence-corrected chi connectivity index (χ3v) is 3.80. The van der Waals surface area contributed by atoms with Gasteiger partial charge < -0.3 is 14.6 Å². The zero-order valence-corrected chi connectivity index (χ0v) is 11.4. The first-order chi connectivity index (χ1) is 8.69. The van der Waals surface area contributed by atoms with Crippen molar-refractivity contribution >= 4 is 11.3 Å². The monoisotopic (exact) mass is 265 g/mol. The van der Waals surface area contributed by atoms with Crippen LogP contribution in [0.25, 0.3) is 10.4 Å². The number of thiazole rings is 1. The zero-order chi connectivity index (χ0) is 13.1. The summed E-state index contributed by atoms with van der Waals surface area (Å²) in [4.78, 5) is 5.30. The minimum atomic E-state index is -0.0439. The lowest BCUT2D eigenvalue weighted by molar-refractivity contribution is 0.281. The quantitative estimate of drug-likeness (QED) is 0.923. The highest BCUT2D eigenvalue weighted by atomic mass is 32.1. The van der Waals surface area contributed by atoms with Crippen molar-refractivity contribution in [2.24, 2.45) is 0 Å². The van der Waals surface area contributed by atoms with E-state index in [0.717, 1.165) is 27.6 Å². The van der Waals surface area contributed by atoms with Crippen LogP contribution >= 0.6 is 11.3 Å². The maximum Gasteiger partial charge on any atom is 0.127 e. The third-order valence-electron chi connectivity index (χ3n) is 2.63. The van der Waals surface area contributed by atoms with Crippen LogP contribution in [0.2, 0.25) is 0 Å². The lowest BCUT2D eigenvalue weighted by Crippen LogP contribution is -1.90. The van der Waals surface area contributed by atoms with E-state index in [1.165, 1.54) is 11.3 Å². The topological polar surface area (TPSA) is 51.6 Å². The zero-order valence-electron chi connectivity index (χ0n) is 10.6. The Balaban J connectivity index is 2.56. The molecule has 5 heteroatoms. The van der Waals surface area contributed by atoms with Crippen molar-refractivity contribution in [3.8, 4) is 21.9 Å². The van der Waals surface area contributed by atoms with E-state index in [-0.39, 0.29) is 6.61 Å². The van der Waals surface area contributed by atoms with Gasteiger partial charge in [-0.1, -0.05) is 0 Å². The number of ether oxygens (including phenoxy) is 2. The molecule has 1 aromatic carbocycles. The number of benzene rings is 1. The average Bonchev–Trinajstić information content (AvgIpc) is 2.79. The first-order valence-electron chi connectivity index (χ1n) is 5.49. The third kappa shape index (κ3) is 2.32. The second-order valence-corrected chi connectivity index (χ2v) is 4.83. The van der Waals surface area contributed by atoms with Gasteiger partial charge in [0, 0.05) is 5.56 Å². The number of hydrogen-bond donors (Lipinski definition) is 1. The van der Waals surface area contributed by atoms with Crippen LogP contribution in [0.15, 0.2) is 18.2 Å². The molecule has 18 heavy (non-hydrogen) atoms. The molecular weight excluding hydrogens is 250 g/mol. The molecule has 96 valence electrons. The second kappa shape index (κ2) is 5.37. The van der Waals surface area contributed by atoms with Crippen LogP contribution in [0.1, 0.15) is 10.7 Å². The Kier molecular flexibility index (Phi) is 3.84. The molecule has 0 spiro atoms. The van der Waals surface area contributed by atoms with Crippen molar-refractivity contribution < 1.29 is 14.6 Å². The standard InChI is InChI=1S/C13H15NO3S/c1-8-13(18-12(7-15)14-8)10-6-9(16-2)4-5-11(10)17-3/h4-6,15H,7H2,1-3H3. The molecule has 1 aromatic heterocycles. The van der Waals surface area contributed by atoms with Gasteiger partial charge in [0.2, 0.25) is 0 Å². The smallest absolute Gasteiger partial charge is 0.127 e. The molecule has 0 aliphatic carbocycles. The molecule has 0 amide bonds. The average molecular weight is 265 g/mol. The number of hydrogen-bond acceptors (Lipinski definition) is 5. The molecule has 0 unspecified atom stereocenters. The summed E-state index contributed by atoms with van der Waals surface area (Å²) in [6.45, 7) is 1.88. The maximum absolute atomic E-state index is 9.14. The predicted octanol–water partition coefficient (Wildman–Crippen LogP) is 2.63. The lowest BCUT2D eigenvalue weighted by Gasteiger charge is -2.09. The summed E-state index contributed by atoms with van der Waals surface area (Å²) in [5.74, 6) is 1.54. The van der Waals surface area contributed by atoms with Crippen LogP contribution in [0.4, 0.5) is 0 Å². The predicted molar refractivity (Wildman–Crippen MR) is 71.3 cm³/mol. The molecule has 0 fully saturated rings. The first kappa shape index (κ1) is 12.9. The number of rotatable bonds is 4. The summed E-state index contributed by atoms with van der Waals surface area (Å²) < 4.78 is 10.6. The summed E-state index contributed by atoms with van der Waals surface area (Å²) in [6.07, 6.45) is 0. The van der Waals surface area contributed by atoms with E-state index in [0.29, 0.717) is 5.01 Å². The van der Waals surface area contributed by atoms with Gasteiger partial charge in [-0.3, -0.25) is 0 Å². The van der Waals surface area contributed by atoms with Gasteiger partial charge in [0.05, 0.1) is 31.4 Å². The van der Waals surface area contributed by atoms with Gasteiger partial charge in [-0.15, -0.1) is 11.3 Å². The maximum atomic E-state index is 9.14. The van der Waals surface area contributed by atoms with Gasteiger partial charge >= 0.3 is 0 Å². The summed E-state index contributed by atoms with van der Waals surface area (Å²) in [7, 11) is 3.26. The molecule has 2 aromatic rings. The Bertz CT molecular complexity index is 551. The van der Waals surface area contributed by atoms with Crippen molar-refractivity contribution in [1.82, 2.24) is 4.98 Å². The SMILES string of the molecule is COc1ccc(OC)c(-c2sc(CO)nc2C)c1. The number of aliphatic hydroxyl groups excluding tert-OH is 1. The Morgan fingerprint density at radius 2 is 2.06 bits per heavy atom. The Morgan fingerprint density at radius 3 is 2.61 bits per heavy atom. The van der Waals surface area contributed by atoms with Crippen molar-refractivity contribution in [3.05, 3.63) is 28.9 Å². The van der Waals surface area contributed by atoms with Crippen LogP contribution in [-0.4, -0.2) is 24.3 Å². The highest BCUT2D eigenvalue weighted by molar-refractivity contribution is 7.15. The Morgan fingerprint density at radius 1 is 1.28 bits per heavy atom. The normalized spacial score (nSPS) is 10.4. The van der Waals surface area contributed by atoms with Crippen LogP contribution in [-0.2, 0) is 6.61 Å². The van der Waals surface area contributed by atoms with Crippen molar-refractivity contribution in [2.45, 2.75) is 13.5 Å². The molecular formula is C13H15NO3S. The summed E-state index contributed by atoms with van der Waals surface area (Å²) in [5.41, 5.74) is 1.82. The summed E-state index contributed by atoms with van der Waals surface area (Å²) >= 11 is 1.46. The molecule has 4 nitrogen and oxygen atoms in total. The minimum absolute atomic E-state index is 0.0439. The van der Waals surface area contributed by atoms with E-state index in [4.69, 9.17) is 14.6 Å². The molecule has 1 N–H and O–H groups in total. The van der Waals surface area contributed by atoms with Crippen LogP contribution < -0.4 is 9.47 Å². The fourth-order valence-corrected chi connectivity index (χ4v) is 2.71. The number of aryl methyl sites for hydroxylation is 1. The van der Waals surface area contributed by atoms with Crippen LogP contribution in [0, 0.1) is 6.92 Å². The molecule has 0 radical (unpaired) electrons. The van der Waals surface area contributed by atoms with Crippen LogP contribution in [0.3, 0.4) is 0 Å². The fourth-order valence-electron chi connectivity index (χ4n) is 1.76. The van der Waals surface area contributed by atoms with Gasteiger partial charge in [-0.25, -0.2) is 4.98 Å². The Labute approximate surface area is 110 Å². The van der Waals surface area contributed by atoms with E-state index < -0.39 is 0 Å². The van der Waals surface area contributed by atoms with Crippen LogP contribution in [0.5, 0.6) is 11.5 Å². The van der Waals surface area contributed by atoms with E-state index >= 15 is 0 Å². The highest BCUT2D eigenvalue weighted by Crippen LogP contribution is 2.38. The van der Waals surface area contributed by atoms with E-state index in [2.05, 4.69) is 4.98 Å². The number of methoxy groups -OCH3 is 2. The molecule has 0 saturated carbocycles. The van der Waals surface area contributed by atoms with Gasteiger partial charge in [0.15, 0.2) is 0 Å². The largest absolute Gasteiger partial charge is 0.497 e. The number of nitrogens with zero attached hydrogens (tertiary/aromatic N) is 1. The van der Waals surface area contributed by atoms with E-state index in [1.54, 1.807) is 14.2 Å². The number of aromatic nitrogens is 1. The van der Waals surface area contributed by atoms with Gasteiger partial charge in [-0.2, -0.15) is 0 Å². The van der Waals surface area contributed by atoms with Gasteiger partial charge in [0.25, 0.3) is 0 Å². The molecule has 2 rings (SSSR count). The molecule has 0 aliphatic heterocycles. The fraction of sp³-hybridized carbons (Fsp3) is 0.308. The highest BCUT2D eigenvalue weighted by Gasteiger charge is 2.14. The van der Waals surface area contributed by atoms with Gasteiger partial charge in [-0.05, 0) is 25.1 Å². The van der Waals surface area contributed by atoms with Gasteiger partial charge in [0.1, 0.15) is 16.5 Å². The molecule has 1 heterocycles. The summed E-state index contributed by atoms with van der Waals surface area (Å²) in [5, 5.41) is 9.84. The summed E-state index contributed by atoms with van der Waals surface area (Å²) in [6, 6.07) is 5.64.